The lowest BCUT2D eigenvalue weighted by atomic mass is 10.3. The maximum atomic E-state index is 12.6. The predicted octanol–water partition coefficient (Wildman–Crippen LogP) is 0.872. The third-order valence-corrected chi connectivity index (χ3v) is 1.86. The Morgan fingerprint density at radius 3 is 2.94 bits per heavy atom. The molecule has 0 amide bonds. The number of hydrogen-bond donors (Lipinski definition) is 1. The molecule has 0 saturated carbocycles. The maximum absolute atomic E-state index is 12.6. The molecule has 7 nitrogen and oxygen atoms in total. The van der Waals surface area contributed by atoms with Crippen molar-refractivity contribution in [2.45, 2.75) is 6.61 Å². The van der Waals surface area contributed by atoms with Crippen molar-refractivity contribution < 1.29 is 23.4 Å². The lowest BCUT2D eigenvalue weighted by Crippen LogP contribution is -2.06. The van der Waals surface area contributed by atoms with Crippen LogP contribution in [-0.4, -0.2) is 32.9 Å². The molecule has 0 aliphatic rings. The highest BCUT2D eigenvalue weighted by atomic mass is 19.1. The Bertz CT molecular complexity index is 540. The van der Waals surface area contributed by atoms with Crippen molar-refractivity contribution in [3.8, 4) is 11.6 Å². The first-order chi connectivity index (χ1) is 8.65. The van der Waals surface area contributed by atoms with Gasteiger partial charge >= 0.3 is 5.97 Å². The van der Waals surface area contributed by atoms with Crippen molar-refractivity contribution in [3.63, 3.8) is 0 Å². The Kier molecular flexibility index (Phi) is 3.58. The fraction of sp³-hybridized carbons (Fsp3) is 0.200. The first kappa shape index (κ1) is 12.1. The number of nitrogens with zero attached hydrogens (tertiary/aromatic N) is 3. The summed E-state index contributed by atoms with van der Waals surface area (Å²) in [5.41, 5.74) is 0.327. The molecule has 0 unspecified atom stereocenters. The third kappa shape index (κ3) is 3.08. The van der Waals surface area contributed by atoms with E-state index < -0.39 is 18.4 Å². The second-order valence-electron chi connectivity index (χ2n) is 3.25. The molecule has 94 valence electrons. The van der Waals surface area contributed by atoms with Gasteiger partial charge in [-0.05, 0) is 12.1 Å². The number of aromatic nitrogens is 3. The first-order valence-electron chi connectivity index (χ1n) is 4.89. The average Bonchev–Trinajstić information content (AvgIpc) is 2.78. The molecular weight excluding hydrogens is 245 g/mol. The largest absolute Gasteiger partial charge is 0.480 e. The minimum Gasteiger partial charge on any atom is -0.480 e. The Hall–Kier alpha value is -2.35. The van der Waals surface area contributed by atoms with Gasteiger partial charge in [-0.25, -0.2) is 14.2 Å². The summed E-state index contributed by atoms with van der Waals surface area (Å²) in [5.74, 6) is -1.32. The van der Waals surface area contributed by atoms with E-state index in [2.05, 4.69) is 15.2 Å². The van der Waals surface area contributed by atoms with Crippen LogP contribution in [0.5, 0.6) is 0 Å². The summed E-state index contributed by atoms with van der Waals surface area (Å²) in [7, 11) is 0. The molecule has 0 saturated heterocycles. The van der Waals surface area contributed by atoms with Gasteiger partial charge in [-0.1, -0.05) is 0 Å². The highest BCUT2D eigenvalue weighted by Crippen LogP contribution is 2.15. The molecule has 2 rings (SSSR count). The zero-order valence-corrected chi connectivity index (χ0v) is 9.04. The maximum Gasteiger partial charge on any atom is 0.329 e. The Labute approximate surface area is 100 Å². The molecule has 0 radical (unpaired) electrons. The second kappa shape index (κ2) is 5.32. The van der Waals surface area contributed by atoms with Crippen molar-refractivity contribution in [1.82, 2.24) is 15.2 Å². The Balaban J connectivity index is 2.01. The average molecular weight is 253 g/mol. The molecule has 18 heavy (non-hydrogen) atoms. The van der Waals surface area contributed by atoms with E-state index >= 15 is 0 Å². The highest BCUT2D eigenvalue weighted by molar-refractivity contribution is 5.67. The van der Waals surface area contributed by atoms with E-state index in [1.54, 1.807) is 0 Å². The molecule has 2 aromatic heterocycles. The minimum atomic E-state index is -1.09. The molecule has 2 aromatic rings. The predicted molar refractivity (Wildman–Crippen MR) is 54.8 cm³/mol. The minimum absolute atomic E-state index is 0.111. The molecule has 2 heterocycles. The number of aliphatic carboxylic acids is 1. The van der Waals surface area contributed by atoms with Crippen molar-refractivity contribution in [3.05, 3.63) is 30.0 Å². The quantitative estimate of drug-likeness (QED) is 0.844. The van der Waals surface area contributed by atoms with E-state index in [0.29, 0.717) is 5.69 Å². The molecule has 0 spiro atoms. The van der Waals surface area contributed by atoms with Crippen LogP contribution >= 0.6 is 0 Å². The van der Waals surface area contributed by atoms with Gasteiger partial charge in [0.05, 0.1) is 6.20 Å². The number of carboxylic acids is 1. The van der Waals surface area contributed by atoms with Gasteiger partial charge in [-0.15, -0.1) is 10.2 Å². The lowest BCUT2D eigenvalue weighted by Gasteiger charge is -1.95. The zero-order valence-electron chi connectivity index (χ0n) is 9.04. The van der Waals surface area contributed by atoms with Gasteiger partial charge in [0.25, 0.3) is 5.89 Å². The number of ether oxygens (including phenoxy) is 1. The number of halogens is 1. The molecule has 0 aromatic carbocycles. The molecule has 0 aliphatic heterocycles. The Morgan fingerprint density at radius 1 is 1.44 bits per heavy atom. The van der Waals surface area contributed by atoms with Crippen LogP contribution in [0.15, 0.2) is 22.7 Å². The van der Waals surface area contributed by atoms with E-state index in [1.165, 1.54) is 12.1 Å². The van der Waals surface area contributed by atoms with Crippen LogP contribution in [0.3, 0.4) is 0 Å². The standard InChI is InChI=1S/C10H8FN3O4/c11-6-1-2-7(12-3-6)10-14-13-8(18-10)4-17-5-9(15)16/h1-3H,4-5H2,(H,15,16). The summed E-state index contributed by atoms with van der Waals surface area (Å²) in [6, 6.07) is 2.61. The van der Waals surface area contributed by atoms with Crippen molar-refractivity contribution in [2.75, 3.05) is 6.61 Å². The van der Waals surface area contributed by atoms with E-state index in [-0.39, 0.29) is 18.4 Å². The van der Waals surface area contributed by atoms with Gasteiger partial charge in [0.2, 0.25) is 5.89 Å². The fourth-order valence-corrected chi connectivity index (χ4v) is 1.14. The first-order valence-corrected chi connectivity index (χ1v) is 4.89. The molecule has 0 aliphatic carbocycles. The summed E-state index contributed by atoms with van der Waals surface area (Å²) < 4.78 is 22.6. The number of carboxylic acid groups (broad SMARTS) is 1. The summed E-state index contributed by atoms with van der Waals surface area (Å²) >= 11 is 0. The van der Waals surface area contributed by atoms with Gasteiger partial charge < -0.3 is 14.3 Å². The normalized spacial score (nSPS) is 10.5. The number of hydrogen-bond acceptors (Lipinski definition) is 6. The number of rotatable bonds is 5. The van der Waals surface area contributed by atoms with Crippen LogP contribution in [0, 0.1) is 5.82 Å². The molecular formula is C10H8FN3O4. The molecule has 0 bridgehead atoms. The topological polar surface area (TPSA) is 98.3 Å². The fourth-order valence-electron chi connectivity index (χ4n) is 1.14. The van der Waals surface area contributed by atoms with Gasteiger partial charge in [-0.3, -0.25) is 0 Å². The van der Waals surface area contributed by atoms with Crippen LogP contribution in [0.2, 0.25) is 0 Å². The van der Waals surface area contributed by atoms with Crippen molar-refractivity contribution in [2.24, 2.45) is 0 Å². The lowest BCUT2D eigenvalue weighted by molar-refractivity contribution is -0.142. The summed E-state index contributed by atoms with van der Waals surface area (Å²) in [6.07, 6.45) is 1.03. The van der Waals surface area contributed by atoms with Crippen LogP contribution in [0.1, 0.15) is 5.89 Å². The van der Waals surface area contributed by atoms with Crippen molar-refractivity contribution >= 4 is 5.97 Å². The van der Waals surface area contributed by atoms with Gasteiger partial charge in [0, 0.05) is 0 Å². The summed E-state index contributed by atoms with van der Waals surface area (Å²) in [4.78, 5) is 14.0. The SMILES string of the molecule is O=C(O)COCc1nnc(-c2ccc(F)cn2)o1. The van der Waals surface area contributed by atoms with Crippen LogP contribution in [-0.2, 0) is 16.1 Å². The van der Waals surface area contributed by atoms with Crippen LogP contribution in [0.4, 0.5) is 4.39 Å². The summed E-state index contributed by atoms with van der Waals surface area (Å²) in [5, 5.41) is 15.7. The smallest absolute Gasteiger partial charge is 0.329 e. The third-order valence-electron chi connectivity index (χ3n) is 1.86. The summed E-state index contributed by atoms with van der Waals surface area (Å²) in [6.45, 7) is -0.562. The van der Waals surface area contributed by atoms with Crippen LogP contribution in [0.25, 0.3) is 11.6 Å². The second-order valence-corrected chi connectivity index (χ2v) is 3.25. The number of carbonyl (C=O) groups is 1. The van der Waals surface area contributed by atoms with E-state index in [4.69, 9.17) is 14.3 Å². The van der Waals surface area contributed by atoms with E-state index in [9.17, 15) is 9.18 Å². The molecule has 0 atom stereocenters. The van der Waals surface area contributed by atoms with Gasteiger partial charge in [0.15, 0.2) is 0 Å². The van der Waals surface area contributed by atoms with E-state index in [0.717, 1.165) is 6.20 Å². The molecule has 0 fully saturated rings. The highest BCUT2D eigenvalue weighted by Gasteiger charge is 2.10. The van der Waals surface area contributed by atoms with Gasteiger partial charge in [-0.2, -0.15) is 0 Å². The van der Waals surface area contributed by atoms with Gasteiger partial charge in [0.1, 0.15) is 24.7 Å². The van der Waals surface area contributed by atoms with Crippen LogP contribution < -0.4 is 0 Å². The zero-order chi connectivity index (χ0) is 13.0. The monoisotopic (exact) mass is 253 g/mol. The molecule has 8 heteroatoms. The Morgan fingerprint density at radius 2 is 2.28 bits per heavy atom. The van der Waals surface area contributed by atoms with Crippen molar-refractivity contribution in [1.29, 1.82) is 0 Å². The molecule has 1 N–H and O–H groups in total. The number of pyridine rings is 1. The van der Waals surface area contributed by atoms with E-state index in [1.807, 2.05) is 0 Å².